The molecule has 0 spiro atoms. The van der Waals surface area contributed by atoms with Crippen molar-refractivity contribution in [1.82, 2.24) is 0 Å². The summed E-state index contributed by atoms with van der Waals surface area (Å²) in [4.78, 5) is 0. The van der Waals surface area contributed by atoms with Crippen molar-refractivity contribution < 1.29 is 37.9 Å². The maximum absolute atomic E-state index is 6.32. The van der Waals surface area contributed by atoms with Crippen molar-refractivity contribution in [3.63, 3.8) is 0 Å². The summed E-state index contributed by atoms with van der Waals surface area (Å²) < 4.78 is 49.7. The van der Waals surface area contributed by atoms with E-state index >= 15 is 0 Å². The van der Waals surface area contributed by atoms with Crippen molar-refractivity contribution in [3.8, 4) is 46.0 Å². The van der Waals surface area contributed by atoms with Gasteiger partial charge in [-0.25, -0.2) is 0 Å². The van der Waals surface area contributed by atoms with Crippen LogP contribution in [0.5, 0.6) is 46.0 Å². The first-order valence-corrected chi connectivity index (χ1v) is 25.6. The van der Waals surface area contributed by atoms with E-state index in [0.29, 0.717) is 25.7 Å². The molecule has 0 amide bonds. The summed E-state index contributed by atoms with van der Waals surface area (Å²) in [6.45, 7) is 0. The molecule has 0 aromatic heterocycles. The molecule has 76 heavy (non-hydrogen) atoms. The van der Waals surface area contributed by atoms with Crippen molar-refractivity contribution in [2.24, 2.45) is 0 Å². The number of ether oxygens (including phenoxy) is 8. The maximum atomic E-state index is 6.32. The third-order valence-electron chi connectivity index (χ3n) is 16.4. The van der Waals surface area contributed by atoms with E-state index in [1.54, 1.807) is 56.9 Å². The maximum Gasteiger partial charge on any atom is 0.123 e. The average molecular weight is 1000 g/mol. The highest BCUT2D eigenvalue weighted by molar-refractivity contribution is 6.09. The van der Waals surface area contributed by atoms with Crippen molar-refractivity contribution >= 4 is 86.2 Å². The molecule has 0 saturated carbocycles. The van der Waals surface area contributed by atoms with Gasteiger partial charge in [-0.2, -0.15) is 0 Å². The van der Waals surface area contributed by atoms with Gasteiger partial charge in [0.25, 0.3) is 0 Å². The number of hydrogen-bond acceptors (Lipinski definition) is 8. The predicted octanol–water partition coefficient (Wildman–Crippen LogP) is 15.7. The summed E-state index contributed by atoms with van der Waals surface area (Å²) in [5.41, 5.74) is 8.70. The molecule has 12 aromatic rings. The molecular formula is C68H56O8. The smallest absolute Gasteiger partial charge is 0.123 e. The van der Waals surface area contributed by atoms with Gasteiger partial charge in [-0.3, -0.25) is 0 Å². The second-order valence-corrected chi connectivity index (χ2v) is 19.9. The molecule has 12 aromatic carbocycles. The van der Waals surface area contributed by atoms with E-state index in [4.69, 9.17) is 37.9 Å². The second-order valence-electron chi connectivity index (χ2n) is 19.9. The highest BCUT2D eigenvalue weighted by Crippen LogP contribution is 2.46. The van der Waals surface area contributed by atoms with Crippen LogP contribution in [0, 0.1) is 0 Å². The van der Waals surface area contributed by atoms with E-state index in [-0.39, 0.29) is 0 Å². The van der Waals surface area contributed by atoms with Crippen LogP contribution in [-0.2, 0) is 25.7 Å². The fourth-order valence-electron chi connectivity index (χ4n) is 12.6. The third kappa shape index (κ3) is 7.33. The summed E-state index contributed by atoms with van der Waals surface area (Å²) in [7, 11) is 14.0. The largest absolute Gasteiger partial charge is 0.497 e. The Morgan fingerprint density at radius 3 is 0.697 bits per heavy atom. The van der Waals surface area contributed by atoms with Gasteiger partial charge in [0, 0.05) is 64.6 Å². The SMILES string of the molecule is COc1ccc2cc3c4c(OC)ccc3c(c2c1)Cc1c(OC)ccc2cc3c(c(OC)ccc3cc12)Cc1c(OC)ccc2cc3c(c(OC)ccc3cc12)Cc1c(OC)ccc2cc3c(c(OC)ccc3cc12)C4. The molecule has 0 radical (unpaired) electrons. The van der Waals surface area contributed by atoms with Gasteiger partial charge in [0.1, 0.15) is 46.0 Å². The standard InChI is InChI=1S/C68H56O8/c1-69-44-16-9-37-31-53-45-17-24-68(76-8)61(53)36-60-51-30-42-14-22-66(74-6)59(50(42)29-43(51)15-23-67(60)75-7)35-58-49-28-40-12-20-64(72-4)57(48(40)27-41(49)13-21-65(58)73-5)34-56-47-26-38-10-18-62(70-2)55(33-54(45)52(37)32-44)46(38)25-39(47)11-19-63(56)71-3/h9-32H,33-36H2,1-8H3. The van der Waals surface area contributed by atoms with Gasteiger partial charge in [0.2, 0.25) is 0 Å². The minimum atomic E-state index is 0.542. The van der Waals surface area contributed by atoms with E-state index in [1.165, 1.54) is 0 Å². The first kappa shape index (κ1) is 46.9. The Kier molecular flexibility index (Phi) is 11.4. The van der Waals surface area contributed by atoms with Crippen molar-refractivity contribution in [2.75, 3.05) is 56.9 Å². The Labute approximate surface area is 440 Å². The lowest BCUT2D eigenvalue weighted by Gasteiger charge is -2.21. The molecule has 22 bridgehead atoms. The lowest BCUT2D eigenvalue weighted by atomic mass is 9.85. The summed E-state index contributed by atoms with van der Waals surface area (Å²) in [6.07, 6.45) is 2.25. The lowest BCUT2D eigenvalue weighted by Crippen LogP contribution is -2.03. The zero-order chi connectivity index (χ0) is 51.9. The minimum absolute atomic E-state index is 0.542. The molecule has 8 heteroatoms. The van der Waals surface area contributed by atoms with Crippen LogP contribution in [0.3, 0.4) is 0 Å². The number of benzene rings is 12. The average Bonchev–Trinajstić information content (AvgIpc) is 3.45. The number of rotatable bonds is 8. The fourth-order valence-corrected chi connectivity index (χ4v) is 12.6. The predicted molar refractivity (Wildman–Crippen MR) is 309 cm³/mol. The van der Waals surface area contributed by atoms with E-state index in [0.717, 1.165) is 177 Å². The van der Waals surface area contributed by atoms with Crippen LogP contribution >= 0.6 is 0 Å². The van der Waals surface area contributed by atoms with Crippen molar-refractivity contribution in [3.05, 3.63) is 190 Å². The summed E-state index contributed by atoms with van der Waals surface area (Å²) >= 11 is 0. The number of methoxy groups -OCH3 is 8. The van der Waals surface area contributed by atoms with E-state index < -0.39 is 0 Å². The molecule has 0 atom stereocenters. The van der Waals surface area contributed by atoms with E-state index in [1.807, 2.05) is 6.07 Å². The normalized spacial score (nSPS) is 12.5. The Bertz CT molecular complexity index is 4400. The van der Waals surface area contributed by atoms with Gasteiger partial charge in [-0.15, -0.1) is 0 Å². The molecule has 0 saturated heterocycles. The van der Waals surface area contributed by atoms with Crippen LogP contribution in [0.1, 0.15) is 44.5 Å². The van der Waals surface area contributed by atoms with E-state index in [9.17, 15) is 0 Å². The molecule has 0 fully saturated rings. The molecule has 8 aliphatic rings. The van der Waals surface area contributed by atoms with Crippen molar-refractivity contribution in [1.29, 1.82) is 0 Å². The third-order valence-corrected chi connectivity index (χ3v) is 16.4. The first-order chi connectivity index (χ1) is 37.3. The fraction of sp³-hybridized carbons (Fsp3) is 0.176. The zero-order valence-corrected chi connectivity index (χ0v) is 44.0. The molecular weight excluding hydrogens is 945 g/mol. The highest BCUT2D eigenvalue weighted by atomic mass is 16.5. The zero-order valence-electron chi connectivity index (χ0n) is 44.0. The Morgan fingerprint density at radius 1 is 0.197 bits per heavy atom. The molecule has 0 unspecified atom stereocenters. The van der Waals surface area contributed by atoms with Gasteiger partial charge in [-0.1, -0.05) is 48.5 Å². The molecule has 376 valence electrons. The molecule has 0 N–H and O–H groups in total. The van der Waals surface area contributed by atoms with Crippen molar-refractivity contribution in [2.45, 2.75) is 25.7 Å². The van der Waals surface area contributed by atoms with Crippen LogP contribution in [0.25, 0.3) is 86.2 Å². The van der Waals surface area contributed by atoms with Crippen LogP contribution in [0.15, 0.2) is 146 Å². The highest BCUT2D eigenvalue weighted by Gasteiger charge is 2.24. The summed E-state index contributed by atoms with van der Waals surface area (Å²) in [5, 5.41) is 17.6. The molecule has 8 aliphatic carbocycles. The summed E-state index contributed by atoms with van der Waals surface area (Å²) in [6, 6.07) is 52.5. The Hall–Kier alpha value is -8.88. The van der Waals surface area contributed by atoms with E-state index in [2.05, 4.69) is 140 Å². The molecule has 20 rings (SSSR count). The Balaban J connectivity index is 1.16. The van der Waals surface area contributed by atoms with Gasteiger partial charge in [0.15, 0.2) is 0 Å². The molecule has 0 aliphatic heterocycles. The van der Waals surface area contributed by atoms with Gasteiger partial charge >= 0.3 is 0 Å². The van der Waals surface area contributed by atoms with Crippen LogP contribution < -0.4 is 37.9 Å². The van der Waals surface area contributed by atoms with Crippen LogP contribution in [0.2, 0.25) is 0 Å². The Morgan fingerprint density at radius 2 is 0.421 bits per heavy atom. The molecule has 8 nitrogen and oxygen atoms in total. The van der Waals surface area contributed by atoms with Gasteiger partial charge < -0.3 is 37.9 Å². The summed E-state index contributed by atoms with van der Waals surface area (Å²) in [5.74, 6) is 6.47. The number of hydrogen-bond donors (Lipinski definition) is 0. The molecule has 0 heterocycles. The first-order valence-electron chi connectivity index (χ1n) is 25.6. The second kappa shape index (κ2) is 18.5. The van der Waals surface area contributed by atoms with Gasteiger partial charge in [-0.05, 0) is 189 Å². The topological polar surface area (TPSA) is 73.8 Å². The lowest BCUT2D eigenvalue weighted by molar-refractivity contribution is 0.406. The van der Waals surface area contributed by atoms with Gasteiger partial charge in [0.05, 0.1) is 56.9 Å². The monoisotopic (exact) mass is 1000 g/mol. The minimum Gasteiger partial charge on any atom is -0.497 e. The van der Waals surface area contributed by atoms with Crippen LogP contribution in [0.4, 0.5) is 0 Å². The number of fused-ring (bicyclic) bond motifs is 1. The quantitative estimate of drug-likeness (QED) is 0.139. The van der Waals surface area contributed by atoms with Crippen LogP contribution in [-0.4, -0.2) is 56.9 Å².